The van der Waals surface area contributed by atoms with Crippen molar-refractivity contribution in [2.75, 3.05) is 6.26 Å². The van der Waals surface area contributed by atoms with E-state index in [4.69, 9.17) is 14.0 Å². The summed E-state index contributed by atoms with van der Waals surface area (Å²) in [4.78, 5) is 0. The zero-order valence-electron chi connectivity index (χ0n) is 18.5. The Morgan fingerprint density at radius 1 is 1.15 bits per heavy atom. The molecule has 1 aliphatic carbocycles. The van der Waals surface area contributed by atoms with Gasteiger partial charge in [0.1, 0.15) is 11.0 Å². The van der Waals surface area contributed by atoms with Gasteiger partial charge in [0, 0.05) is 17.8 Å². The summed E-state index contributed by atoms with van der Waals surface area (Å²) >= 11 is 0. The van der Waals surface area contributed by atoms with Gasteiger partial charge in [-0.2, -0.15) is 0 Å². The molecule has 1 aromatic carbocycles. The maximum atomic E-state index is 6.56. The molecule has 3 rings (SSSR count). The normalized spacial score (nSPS) is 26.1. The zero-order valence-corrected chi connectivity index (χ0v) is 19.3. The molecule has 0 saturated carbocycles. The molecule has 0 aromatic heterocycles. The molecule has 0 bridgehead atoms. The van der Waals surface area contributed by atoms with Crippen LogP contribution in [0.15, 0.2) is 18.2 Å². The first-order valence-electron chi connectivity index (χ1n) is 10.1. The lowest BCUT2D eigenvalue weighted by atomic mass is 9.75. The number of benzene rings is 1. The largest absolute Gasteiger partial charge is 0.495 e. The van der Waals surface area contributed by atoms with Gasteiger partial charge in [-0.3, -0.25) is 0 Å². The summed E-state index contributed by atoms with van der Waals surface area (Å²) in [6, 6.07) is 6.51. The van der Waals surface area contributed by atoms with E-state index in [2.05, 4.69) is 79.8 Å². The number of hydrogen-bond acceptors (Lipinski definition) is 3. The maximum absolute atomic E-state index is 6.56. The standard InChI is InChI=1S/C22H36BO3S/c1-15(27(9)20(2,3)4)24-19-14-13-16-17(19)11-10-12-18(16)23-25-21(5,6)22(7,8)26-23/h10-12,15,19H,13-14H2,1-9H3/q+1/t15-,19+,27?/m1/s1. The molecule has 3 nitrogen and oxygen atoms in total. The molecule has 1 aliphatic heterocycles. The predicted molar refractivity (Wildman–Crippen MR) is 117 cm³/mol. The topological polar surface area (TPSA) is 27.7 Å². The molecule has 5 heteroatoms. The van der Waals surface area contributed by atoms with Crippen molar-refractivity contribution in [1.29, 1.82) is 0 Å². The third-order valence-electron chi connectivity index (χ3n) is 6.58. The quantitative estimate of drug-likeness (QED) is 0.563. The summed E-state index contributed by atoms with van der Waals surface area (Å²) in [5.41, 5.74) is 3.48. The highest BCUT2D eigenvalue weighted by Crippen LogP contribution is 2.40. The Morgan fingerprint density at radius 2 is 1.74 bits per heavy atom. The van der Waals surface area contributed by atoms with E-state index in [9.17, 15) is 0 Å². The molecule has 0 radical (unpaired) electrons. The van der Waals surface area contributed by atoms with E-state index in [1.54, 1.807) is 0 Å². The van der Waals surface area contributed by atoms with Crippen LogP contribution in [0.4, 0.5) is 0 Å². The van der Waals surface area contributed by atoms with Crippen LogP contribution in [0.5, 0.6) is 0 Å². The smallest absolute Gasteiger partial charge is 0.399 e. The van der Waals surface area contributed by atoms with Crippen LogP contribution in [0.1, 0.15) is 79.0 Å². The summed E-state index contributed by atoms with van der Waals surface area (Å²) in [6.07, 6.45) is 4.56. The van der Waals surface area contributed by atoms with Gasteiger partial charge < -0.3 is 14.0 Å². The molecular weight excluding hydrogens is 355 g/mol. The van der Waals surface area contributed by atoms with Crippen LogP contribution < -0.4 is 5.46 Å². The van der Waals surface area contributed by atoms with Crippen molar-refractivity contribution in [3.05, 3.63) is 29.3 Å². The number of rotatable bonds is 4. The van der Waals surface area contributed by atoms with Gasteiger partial charge in [-0.05, 0) is 77.9 Å². The van der Waals surface area contributed by atoms with E-state index >= 15 is 0 Å². The molecule has 2 aliphatic rings. The molecule has 0 amide bonds. The number of fused-ring (bicyclic) bond motifs is 1. The van der Waals surface area contributed by atoms with Crippen LogP contribution in [0.3, 0.4) is 0 Å². The Labute approximate surface area is 169 Å². The van der Waals surface area contributed by atoms with Gasteiger partial charge in [0.2, 0.25) is 5.44 Å². The van der Waals surface area contributed by atoms with E-state index < -0.39 is 0 Å². The van der Waals surface area contributed by atoms with Crippen molar-refractivity contribution in [3.63, 3.8) is 0 Å². The second kappa shape index (κ2) is 7.09. The first kappa shape index (κ1) is 21.2. The van der Waals surface area contributed by atoms with Gasteiger partial charge in [0.05, 0.1) is 17.3 Å². The minimum atomic E-state index is -0.313. The Morgan fingerprint density at radius 3 is 2.30 bits per heavy atom. The molecular formula is C22H36BO3S+. The SMILES string of the molecule is C[C@H](O[C@H]1CCc2c(B3OC(C)(C)C(C)(C)O3)cccc21)[S+](C)C(C)(C)C. The number of hydrogen-bond donors (Lipinski definition) is 0. The highest BCUT2D eigenvalue weighted by Gasteiger charge is 2.52. The predicted octanol–water partition coefficient (Wildman–Crippen LogP) is 4.38. The molecule has 0 spiro atoms. The van der Waals surface area contributed by atoms with Crippen molar-refractivity contribution in [1.82, 2.24) is 0 Å². The minimum Gasteiger partial charge on any atom is -0.399 e. The molecule has 1 unspecified atom stereocenters. The fourth-order valence-electron chi connectivity index (χ4n) is 3.79. The average Bonchev–Trinajstić information content (AvgIpc) is 3.03. The Kier molecular flexibility index (Phi) is 5.57. The van der Waals surface area contributed by atoms with Crippen LogP contribution in [-0.2, 0) is 31.4 Å². The van der Waals surface area contributed by atoms with Crippen LogP contribution in [0.2, 0.25) is 0 Å². The summed E-state index contributed by atoms with van der Waals surface area (Å²) in [5.74, 6) is 0. The summed E-state index contributed by atoms with van der Waals surface area (Å²) in [6.45, 7) is 17.6. The lowest BCUT2D eigenvalue weighted by Gasteiger charge is -2.32. The van der Waals surface area contributed by atoms with Crippen molar-refractivity contribution >= 4 is 23.5 Å². The fraction of sp³-hybridized carbons (Fsp3) is 0.727. The molecule has 150 valence electrons. The van der Waals surface area contributed by atoms with E-state index in [1.807, 2.05) is 0 Å². The van der Waals surface area contributed by atoms with E-state index in [1.165, 1.54) is 16.6 Å². The Balaban J connectivity index is 1.81. The second-order valence-electron chi connectivity index (χ2n) is 9.90. The van der Waals surface area contributed by atoms with Gasteiger partial charge in [0.15, 0.2) is 0 Å². The molecule has 27 heavy (non-hydrogen) atoms. The van der Waals surface area contributed by atoms with Gasteiger partial charge >= 0.3 is 7.12 Å². The molecule has 1 aromatic rings. The lowest BCUT2D eigenvalue weighted by Crippen LogP contribution is -2.41. The molecule has 0 N–H and O–H groups in total. The maximum Gasteiger partial charge on any atom is 0.495 e. The van der Waals surface area contributed by atoms with E-state index in [0.29, 0.717) is 0 Å². The Hall–Kier alpha value is -0.485. The fourth-order valence-corrected chi connectivity index (χ4v) is 5.09. The second-order valence-corrected chi connectivity index (χ2v) is 12.9. The molecule has 3 atom stereocenters. The third kappa shape index (κ3) is 3.98. The zero-order chi connectivity index (χ0) is 20.2. The van der Waals surface area contributed by atoms with Crippen LogP contribution >= 0.6 is 0 Å². The molecule has 1 fully saturated rings. The van der Waals surface area contributed by atoms with Crippen LogP contribution in [0, 0.1) is 0 Å². The monoisotopic (exact) mass is 391 g/mol. The van der Waals surface area contributed by atoms with Gasteiger partial charge in [-0.1, -0.05) is 18.2 Å². The minimum absolute atomic E-state index is 0.176. The van der Waals surface area contributed by atoms with Crippen molar-refractivity contribution in [2.24, 2.45) is 0 Å². The highest BCUT2D eigenvalue weighted by molar-refractivity contribution is 7.97. The highest BCUT2D eigenvalue weighted by atomic mass is 32.2. The van der Waals surface area contributed by atoms with Crippen molar-refractivity contribution in [3.8, 4) is 0 Å². The van der Waals surface area contributed by atoms with Crippen molar-refractivity contribution in [2.45, 2.75) is 95.7 Å². The molecule has 1 heterocycles. The summed E-state index contributed by atoms with van der Waals surface area (Å²) in [7, 11) is -0.0995. The van der Waals surface area contributed by atoms with E-state index in [0.717, 1.165) is 12.8 Å². The van der Waals surface area contributed by atoms with E-state index in [-0.39, 0.29) is 45.5 Å². The van der Waals surface area contributed by atoms with Gasteiger partial charge in [-0.15, -0.1) is 0 Å². The Bertz CT molecular complexity index is 679. The van der Waals surface area contributed by atoms with Gasteiger partial charge in [0.25, 0.3) is 0 Å². The third-order valence-corrected chi connectivity index (χ3v) is 9.62. The molecule has 1 saturated heterocycles. The van der Waals surface area contributed by atoms with Crippen LogP contribution in [0.25, 0.3) is 0 Å². The summed E-state index contributed by atoms with van der Waals surface area (Å²) < 4.78 is 19.5. The number of ether oxygens (including phenoxy) is 1. The lowest BCUT2D eigenvalue weighted by molar-refractivity contribution is 0.00578. The average molecular weight is 391 g/mol. The first-order chi connectivity index (χ1) is 12.3. The first-order valence-corrected chi connectivity index (χ1v) is 11.8. The van der Waals surface area contributed by atoms with Crippen molar-refractivity contribution < 1.29 is 14.0 Å². The van der Waals surface area contributed by atoms with Gasteiger partial charge in [-0.25, -0.2) is 0 Å². The summed E-state index contributed by atoms with van der Waals surface area (Å²) in [5, 5.41) is 0. The van der Waals surface area contributed by atoms with Crippen LogP contribution in [-0.4, -0.2) is 34.8 Å².